The third-order valence-electron chi connectivity index (χ3n) is 3.16. The highest BCUT2D eigenvalue weighted by molar-refractivity contribution is 6.40. The largest absolute Gasteiger partial charge is 0.318 e. The molecule has 0 saturated heterocycles. The third kappa shape index (κ3) is 3.50. The molecule has 0 radical (unpaired) electrons. The molecule has 3 aromatic rings. The molecule has 0 unspecified atom stereocenters. The van der Waals surface area contributed by atoms with Crippen LogP contribution in [-0.4, -0.2) is 16.1 Å². The summed E-state index contributed by atoms with van der Waals surface area (Å²) in [7, 11) is 0. The SMILES string of the molecule is O=C(Nc1c(Cl)cccc1Cl)c1cc(-c2ccc(Cl)cc2)n[nH]1. The number of anilines is 1. The first-order chi connectivity index (χ1) is 11.0. The van der Waals surface area contributed by atoms with Crippen molar-refractivity contribution in [2.75, 3.05) is 5.32 Å². The first-order valence-corrected chi connectivity index (χ1v) is 7.74. The Morgan fingerprint density at radius 1 is 1.00 bits per heavy atom. The number of aromatic nitrogens is 2. The van der Waals surface area contributed by atoms with Crippen LogP contribution < -0.4 is 5.32 Å². The molecule has 0 atom stereocenters. The van der Waals surface area contributed by atoms with E-state index < -0.39 is 0 Å². The lowest BCUT2D eigenvalue weighted by Crippen LogP contribution is -2.13. The van der Waals surface area contributed by atoms with Crippen molar-refractivity contribution in [2.24, 2.45) is 0 Å². The van der Waals surface area contributed by atoms with E-state index in [1.165, 1.54) is 0 Å². The number of hydrogen-bond acceptors (Lipinski definition) is 2. The Bertz CT molecular complexity index is 839. The molecule has 4 nitrogen and oxygen atoms in total. The van der Waals surface area contributed by atoms with Crippen LogP contribution in [0.15, 0.2) is 48.5 Å². The number of benzene rings is 2. The molecule has 23 heavy (non-hydrogen) atoms. The van der Waals surface area contributed by atoms with Crippen LogP contribution in [0.4, 0.5) is 5.69 Å². The van der Waals surface area contributed by atoms with E-state index in [1.807, 2.05) is 12.1 Å². The molecule has 0 spiro atoms. The van der Waals surface area contributed by atoms with Gasteiger partial charge >= 0.3 is 0 Å². The molecule has 2 aromatic carbocycles. The molecule has 116 valence electrons. The lowest BCUT2D eigenvalue weighted by molar-refractivity contribution is 0.102. The maximum atomic E-state index is 12.3. The summed E-state index contributed by atoms with van der Waals surface area (Å²) < 4.78 is 0. The van der Waals surface area contributed by atoms with Crippen molar-refractivity contribution < 1.29 is 4.79 Å². The summed E-state index contributed by atoms with van der Waals surface area (Å²) >= 11 is 17.9. The van der Waals surface area contributed by atoms with E-state index in [1.54, 1.807) is 36.4 Å². The minimum atomic E-state index is -0.382. The van der Waals surface area contributed by atoms with Gasteiger partial charge in [-0.15, -0.1) is 0 Å². The number of para-hydroxylation sites is 1. The maximum Gasteiger partial charge on any atom is 0.273 e. The molecule has 1 aromatic heterocycles. The molecule has 0 aliphatic heterocycles. The molecule has 0 aliphatic rings. The van der Waals surface area contributed by atoms with Crippen LogP contribution in [0.25, 0.3) is 11.3 Å². The van der Waals surface area contributed by atoms with Gasteiger partial charge in [0.1, 0.15) is 5.69 Å². The van der Waals surface area contributed by atoms with E-state index in [0.29, 0.717) is 32.1 Å². The normalized spacial score (nSPS) is 10.6. The minimum absolute atomic E-state index is 0.297. The van der Waals surface area contributed by atoms with Gasteiger partial charge in [-0.1, -0.05) is 53.0 Å². The van der Waals surface area contributed by atoms with Crippen LogP contribution in [0.3, 0.4) is 0 Å². The fourth-order valence-corrected chi connectivity index (χ4v) is 2.62. The van der Waals surface area contributed by atoms with Gasteiger partial charge in [-0.25, -0.2) is 0 Å². The lowest BCUT2D eigenvalue weighted by Gasteiger charge is -2.07. The molecule has 0 bridgehead atoms. The Morgan fingerprint density at radius 2 is 1.65 bits per heavy atom. The van der Waals surface area contributed by atoms with Crippen LogP contribution in [0.5, 0.6) is 0 Å². The van der Waals surface area contributed by atoms with E-state index in [4.69, 9.17) is 34.8 Å². The summed E-state index contributed by atoms with van der Waals surface area (Å²) in [6.07, 6.45) is 0. The fraction of sp³-hybridized carbons (Fsp3) is 0. The van der Waals surface area contributed by atoms with Gasteiger partial charge in [0, 0.05) is 10.6 Å². The van der Waals surface area contributed by atoms with Crippen molar-refractivity contribution in [2.45, 2.75) is 0 Å². The summed E-state index contributed by atoms with van der Waals surface area (Å²) in [6, 6.07) is 13.8. The molecule has 0 fully saturated rings. The lowest BCUT2D eigenvalue weighted by atomic mass is 10.1. The van der Waals surface area contributed by atoms with Crippen LogP contribution in [0.1, 0.15) is 10.5 Å². The van der Waals surface area contributed by atoms with E-state index in [0.717, 1.165) is 5.56 Å². The molecule has 0 saturated carbocycles. The highest BCUT2D eigenvalue weighted by Crippen LogP contribution is 2.30. The summed E-state index contributed by atoms with van der Waals surface area (Å²) in [5, 5.41) is 10.9. The standard InChI is InChI=1S/C16H10Cl3N3O/c17-10-6-4-9(5-7-10)13-8-14(22-21-13)16(23)20-15-11(18)2-1-3-12(15)19/h1-8H,(H,20,23)(H,21,22). The number of halogens is 3. The molecule has 0 aliphatic carbocycles. The highest BCUT2D eigenvalue weighted by Gasteiger charge is 2.14. The Hall–Kier alpha value is -2.01. The van der Waals surface area contributed by atoms with Crippen molar-refractivity contribution in [1.82, 2.24) is 10.2 Å². The number of carbonyl (C=O) groups excluding carboxylic acids is 1. The number of aromatic amines is 1. The first kappa shape index (κ1) is 15.9. The van der Waals surface area contributed by atoms with Crippen molar-refractivity contribution in [3.63, 3.8) is 0 Å². The van der Waals surface area contributed by atoms with Crippen LogP contribution >= 0.6 is 34.8 Å². The van der Waals surface area contributed by atoms with Crippen molar-refractivity contribution >= 4 is 46.4 Å². The van der Waals surface area contributed by atoms with E-state index in [-0.39, 0.29) is 5.91 Å². The number of H-pyrrole nitrogens is 1. The number of amides is 1. The second kappa shape index (κ2) is 6.62. The first-order valence-electron chi connectivity index (χ1n) is 6.61. The predicted octanol–water partition coefficient (Wildman–Crippen LogP) is 5.29. The van der Waals surface area contributed by atoms with E-state index in [2.05, 4.69) is 15.5 Å². The van der Waals surface area contributed by atoms with Crippen molar-refractivity contribution in [1.29, 1.82) is 0 Å². The Labute approximate surface area is 147 Å². The quantitative estimate of drug-likeness (QED) is 0.661. The second-order valence-electron chi connectivity index (χ2n) is 4.72. The summed E-state index contributed by atoms with van der Waals surface area (Å²) in [4.78, 5) is 12.3. The Balaban J connectivity index is 1.83. The van der Waals surface area contributed by atoms with E-state index >= 15 is 0 Å². The second-order valence-corrected chi connectivity index (χ2v) is 5.98. The summed E-state index contributed by atoms with van der Waals surface area (Å²) in [5.74, 6) is -0.382. The molecule has 2 N–H and O–H groups in total. The average Bonchev–Trinajstić information content (AvgIpc) is 3.02. The van der Waals surface area contributed by atoms with Gasteiger partial charge in [0.2, 0.25) is 0 Å². The average molecular weight is 367 g/mol. The van der Waals surface area contributed by atoms with Crippen LogP contribution in [-0.2, 0) is 0 Å². The number of nitrogens with zero attached hydrogens (tertiary/aromatic N) is 1. The van der Waals surface area contributed by atoms with Crippen molar-refractivity contribution in [3.8, 4) is 11.3 Å². The monoisotopic (exact) mass is 365 g/mol. The topological polar surface area (TPSA) is 57.8 Å². The van der Waals surface area contributed by atoms with Gasteiger partial charge < -0.3 is 5.32 Å². The molecular weight excluding hydrogens is 357 g/mol. The molecule has 1 amide bonds. The third-order valence-corrected chi connectivity index (χ3v) is 4.05. The van der Waals surface area contributed by atoms with Gasteiger partial charge in [-0.05, 0) is 30.3 Å². The predicted molar refractivity (Wildman–Crippen MR) is 93.4 cm³/mol. The van der Waals surface area contributed by atoms with Gasteiger partial charge in [0.05, 0.1) is 21.4 Å². The van der Waals surface area contributed by atoms with E-state index in [9.17, 15) is 4.79 Å². The zero-order valence-corrected chi connectivity index (χ0v) is 13.9. The van der Waals surface area contributed by atoms with Gasteiger partial charge in [-0.3, -0.25) is 9.89 Å². The number of hydrogen-bond donors (Lipinski definition) is 2. The summed E-state index contributed by atoms with van der Waals surface area (Å²) in [5.41, 5.74) is 2.15. The summed E-state index contributed by atoms with van der Waals surface area (Å²) in [6.45, 7) is 0. The zero-order valence-electron chi connectivity index (χ0n) is 11.6. The van der Waals surface area contributed by atoms with Gasteiger partial charge in [0.25, 0.3) is 5.91 Å². The zero-order chi connectivity index (χ0) is 16.4. The minimum Gasteiger partial charge on any atom is -0.318 e. The highest BCUT2D eigenvalue weighted by atomic mass is 35.5. The fourth-order valence-electron chi connectivity index (χ4n) is 2.00. The molecular formula is C16H10Cl3N3O. The number of nitrogens with one attached hydrogen (secondary N) is 2. The molecule has 3 rings (SSSR count). The van der Waals surface area contributed by atoms with Crippen molar-refractivity contribution in [3.05, 3.63) is 69.3 Å². The maximum absolute atomic E-state index is 12.3. The number of carbonyl (C=O) groups is 1. The van der Waals surface area contributed by atoms with Gasteiger partial charge in [-0.2, -0.15) is 5.10 Å². The van der Waals surface area contributed by atoms with Crippen LogP contribution in [0, 0.1) is 0 Å². The van der Waals surface area contributed by atoms with Gasteiger partial charge in [0.15, 0.2) is 0 Å². The van der Waals surface area contributed by atoms with Crippen LogP contribution in [0.2, 0.25) is 15.1 Å². The smallest absolute Gasteiger partial charge is 0.273 e. The molecule has 1 heterocycles. The molecule has 7 heteroatoms. The Kier molecular flexibility index (Phi) is 4.57. The number of rotatable bonds is 3. The Morgan fingerprint density at radius 3 is 2.30 bits per heavy atom.